The minimum absolute atomic E-state index is 0. The van der Waals surface area contributed by atoms with E-state index >= 15 is 0 Å². The fourth-order valence-electron chi connectivity index (χ4n) is 1.79. The van der Waals surface area contributed by atoms with Gasteiger partial charge in [-0.05, 0) is 29.6 Å². The van der Waals surface area contributed by atoms with Gasteiger partial charge < -0.3 is 0 Å². The van der Waals surface area contributed by atoms with Crippen molar-refractivity contribution in [3.63, 3.8) is 0 Å². The average Bonchev–Trinajstić information content (AvgIpc) is 2.42. The van der Waals surface area contributed by atoms with Gasteiger partial charge in [-0.3, -0.25) is 0 Å². The lowest BCUT2D eigenvalue weighted by atomic mass is 9.82. The Hall–Kier alpha value is 0. The second-order valence-electron chi connectivity index (χ2n) is 7.65. The second kappa shape index (κ2) is 19.0. The predicted octanol–water partition coefficient (Wildman–Crippen LogP) is 8.85. The second-order valence-corrected chi connectivity index (χ2v) is 7.65. The summed E-state index contributed by atoms with van der Waals surface area (Å²) in [4.78, 5) is 0. The molecule has 1 saturated carbocycles. The molecule has 0 aromatic rings. The number of rotatable bonds is 3. The van der Waals surface area contributed by atoms with E-state index < -0.39 is 0 Å². The molecule has 0 aromatic heterocycles. The first kappa shape index (κ1) is 29.9. The Morgan fingerprint density at radius 3 is 1.05 bits per heavy atom. The van der Waals surface area contributed by atoms with Crippen LogP contribution in [0.15, 0.2) is 0 Å². The van der Waals surface area contributed by atoms with Gasteiger partial charge >= 0.3 is 0 Å². The molecule has 140 valence electrons. The molecule has 0 amide bonds. The molecule has 22 heavy (non-hydrogen) atoms. The molecule has 0 N–H and O–H groups in total. The maximum absolute atomic E-state index is 2.38. The molecule has 1 aliphatic carbocycles. The van der Waals surface area contributed by atoms with Crippen molar-refractivity contribution < 1.29 is 0 Å². The normalized spacial score (nSPS) is 20.2. The molecule has 1 rings (SSSR count). The third-order valence-corrected chi connectivity index (χ3v) is 5.27. The summed E-state index contributed by atoms with van der Waals surface area (Å²) in [7, 11) is 0. The zero-order valence-electron chi connectivity index (χ0n) is 16.1. The maximum atomic E-state index is 2.38. The maximum Gasteiger partial charge on any atom is -0.0417 e. The van der Waals surface area contributed by atoms with Gasteiger partial charge in [0.1, 0.15) is 0 Å². The van der Waals surface area contributed by atoms with Crippen molar-refractivity contribution in [2.75, 3.05) is 0 Å². The first-order valence-corrected chi connectivity index (χ1v) is 9.26. The van der Waals surface area contributed by atoms with E-state index in [1.165, 1.54) is 38.5 Å². The fraction of sp³-hybridized carbons (Fsp3) is 1.00. The van der Waals surface area contributed by atoms with Gasteiger partial charge in [0.25, 0.3) is 0 Å². The molecule has 0 saturated heterocycles. The largest absolute Gasteiger partial charge is 0.0776 e. The van der Waals surface area contributed by atoms with Gasteiger partial charge in [-0.1, -0.05) is 116 Å². The van der Waals surface area contributed by atoms with Crippen LogP contribution >= 0.6 is 0 Å². The Bertz CT molecular complexity index is 160. The molecule has 1 fully saturated rings. The number of hydrogen-bond donors (Lipinski definition) is 0. The lowest BCUT2D eigenvalue weighted by Crippen LogP contribution is -2.12. The summed E-state index contributed by atoms with van der Waals surface area (Å²) in [6.07, 6.45) is 8.56. The monoisotopic (exact) mass is 316 g/mol. The summed E-state index contributed by atoms with van der Waals surface area (Å²) in [6.45, 7) is 20.5. The first-order valence-electron chi connectivity index (χ1n) is 9.26. The van der Waals surface area contributed by atoms with Crippen molar-refractivity contribution in [3.8, 4) is 0 Å². The first-order chi connectivity index (χ1) is 9.26. The van der Waals surface area contributed by atoms with Crippen LogP contribution in [-0.2, 0) is 0 Å². The minimum atomic E-state index is 0. The third kappa shape index (κ3) is 20.0. The molecule has 0 bridgehead atoms. The Morgan fingerprint density at radius 2 is 0.955 bits per heavy atom. The van der Waals surface area contributed by atoms with Crippen LogP contribution in [0.1, 0.15) is 116 Å². The van der Waals surface area contributed by atoms with Crippen molar-refractivity contribution >= 4 is 0 Å². The van der Waals surface area contributed by atoms with Gasteiger partial charge in [0.05, 0.1) is 0 Å². The Morgan fingerprint density at radius 1 is 0.682 bits per heavy atom. The van der Waals surface area contributed by atoms with Gasteiger partial charge in [-0.15, -0.1) is 0 Å². The zero-order chi connectivity index (χ0) is 16.1. The summed E-state index contributed by atoms with van der Waals surface area (Å²) >= 11 is 0. The van der Waals surface area contributed by atoms with Gasteiger partial charge in [0.15, 0.2) is 0 Å². The van der Waals surface area contributed by atoms with Crippen LogP contribution in [0.5, 0.6) is 0 Å². The van der Waals surface area contributed by atoms with E-state index in [-0.39, 0.29) is 14.9 Å². The highest BCUT2D eigenvalue weighted by molar-refractivity contribution is 4.67. The molecule has 0 radical (unpaired) electrons. The van der Waals surface area contributed by atoms with Crippen molar-refractivity contribution in [1.29, 1.82) is 0 Å². The van der Waals surface area contributed by atoms with Crippen molar-refractivity contribution in [2.24, 2.45) is 29.6 Å². The van der Waals surface area contributed by atoms with Crippen LogP contribution in [0.25, 0.3) is 0 Å². The van der Waals surface area contributed by atoms with E-state index in [1.54, 1.807) is 0 Å². The highest BCUT2D eigenvalue weighted by Crippen LogP contribution is 2.28. The van der Waals surface area contributed by atoms with Crippen LogP contribution < -0.4 is 0 Å². The van der Waals surface area contributed by atoms with E-state index in [2.05, 4.69) is 62.3 Å². The van der Waals surface area contributed by atoms with E-state index in [0.717, 1.165) is 29.6 Å². The van der Waals surface area contributed by atoms with Crippen LogP contribution in [0.3, 0.4) is 0 Å². The molecular weight excluding hydrogens is 264 g/mol. The summed E-state index contributed by atoms with van der Waals surface area (Å²) < 4.78 is 0. The smallest absolute Gasteiger partial charge is 0.0417 e. The molecule has 0 heterocycles. The lowest BCUT2D eigenvalue weighted by molar-refractivity contribution is 0.277. The molecule has 0 aromatic carbocycles. The van der Waals surface area contributed by atoms with E-state index in [0.29, 0.717) is 0 Å². The summed E-state index contributed by atoms with van der Waals surface area (Å²) in [5.41, 5.74) is 0. The predicted molar refractivity (Wildman–Crippen MR) is 110 cm³/mol. The van der Waals surface area contributed by atoms with Crippen LogP contribution in [0.2, 0.25) is 0 Å². The molecule has 0 spiro atoms. The summed E-state index contributed by atoms with van der Waals surface area (Å²) in [5, 5.41) is 0. The summed E-state index contributed by atoms with van der Waals surface area (Å²) in [5.74, 6) is 4.65. The summed E-state index contributed by atoms with van der Waals surface area (Å²) in [6, 6.07) is 0. The van der Waals surface area contributed by atoms with Crippen LogP contribution in [0, 0.1) is 29.6 Å². The average molecular weight is 317 g/mol. The Kier molecular flexibility index (Phi) is 25.9. The molecule has 0 nitrogen and oxygen atoms in total. The SMILES string of the molecule is C.C.CC(C)C(C)C.CC1CCCCC1C.CCC(C)CC. The molecule has 1 aliphatic rings. The Labute approximate surface area is 145 Å². The lowest BCUT2D eigenvalue weighted by Gasteiger charge is -2.24. The number of hydrogen-bond acceptors (Lipinski definition) is 0. The van der Waals surface area contributed by atoms with Crippen molar-refractivity contribution in [1.82, 2.24) is 0 Å². The van der Waals surface area contributed by atoms with Crippen molar-refractivity contribution in [2.45, 2.75) is 116 Å². The quantitative estimate of drug-likeness (QED) is 0.487. The van der Waals surface area contributed by atoms with E-state index in [9.17, 15) is 0 Å². The fourth-order valence-corrected chi connectivity index (χ4v) is 1.79. The Balaban J connectivity index is -0.000000108. The van der Waals surface area contributed by atoms with Gasteiger partial charge in [0, 0.05) is 0 Å². The zero-order valence-corrected chi connectivity index (χ0v) is 16.1. The van der Waals surface area contributed by atoms with Gasteiger partial charge in [-0.2, -0.15) is 0 Å². The molecule has 0 heteroatoms. The standard InChI is InChI=1S/C8H16.2C6H14.2CH4/c1-7-5-3-4-6-8(7)2;1-5(2)6(3)4;1-4-6(3)5-2;;/h7-8H,3-6H2,1-2H3;5-6H,1-4H3;6H,4-5H2,1-3H3;2*1H4. The van der Waals surface area contributed by atoms with Gasteiger partial charge in [-0.25, -0.2) is 0 Å². The molecule has 0 aliphatic heterocycles. The van der Waals surface area contributed by atoms with E-state index in [1.807, 2.05) is 0 Å². The molecule has 2 atom stereocenters. The minimum Gasteiger partial charge on any atom is -0.0776 e. The van der Waals surface area contributed by atoms with Gasteiger partial charge in [0.2, 0.25) is 0 Å². The van der Waals surface area contributed by atoms with Crippen molar-refractivity contribution in [3.05, 3.63) is 0 Å². The van der Waals surface area contributed by atoms with Crippen LogP contribution in [-0.4, -0.2) is 0 Å². The molecule has 2 unspecified atom stereocenters. The highest BCUT2D eigenvalue weighted by Gasteiger charge is 2.15. The third-order valence-electron chi connectivity index (χ3n) is 5.27. The van der Waals surface area contributed by atoms with E-state index in [4.69, 9.17) is 0 Å². The topological polar surface area (TPSA) is 0 Å². The van der Waals surface area contributed by atoms with Crippen LogP contribution in [0.4, 0.5) is 0 Å². The highest BCUT2D eigenvalue weighted by atomic mass is 14.2. The molecular formula is C22H52.